The summed E-state index contributed by atoms with van der Waals surface area (Å²) in [5.74, 6) is -0.761. The van der Waals surface area contributed by atoms with Gasteiger partial charge in [0, 0.05) is 11.6 Å². The number of halogens is 1. The summed E-state index contributed by atoms with van der Waals surface area (Å²) in [4.78, 5) is 3.62. The lowest BCUT2D eigenvalue weighted by atomic mass is 10.3. The first-order valence-corrected chi connectivity index (χ1v) is 6.73. The largest absolute Gasteiger partial charge is 0.257 e. The van der Waals surface area contributed by atoms with E-state index in [-0.39, 0.29) is 4.90 Å². The molecule has 0 N–H and O–H groups in total. The topological polar surface area (TPSA) is 47.0 Å². The fraction of sp³-hybridized carbons (Fsp3) is 0. The monoisotopic (exact) mass is 263 g/mol. The van der Waals surface area contributed by atoms with E-state index in [1.165, 1.54) is 24.3 Å². The van der Waals surface area contributed by atoms with Crippen LogP contribution in [-0.4, -0.2) is 13.4 Å². The Bertz CT molecular complexity index is 666. The van der Waals surface area contributed by atoms with E-state index in [0.29, 0.717) is 5.69 Å². The van der Waals surface area contributed by atoms with Gasteiger partial charge in [0.05, 0.1) is 5.69 Å². The first kappa shape index (κ1) is 12.4. The summed E-state index contributed by atoms with van der Waals surface area (Å²) in [6.45, 7) is 0. The molecule has 0 atom stereocenters. The van der Waals surface area contributed by atoms with Crippen molar-refractivity contribution in [2.75, 3.05) is 0 Å². The zero-order valence-corrected chi connectivity index (χ0v) is 10.1. The second kappa shape index (κ2) is 5.10. The predicted octanol–water partition coefficient (Wildman–Crippen LogP) is 2.67. The van der Waals surface area contributed by atoms with Crippen molar-refractivity contribution in [2.45, 2.75) is 4.90 Å². The van der Waals surface area contributed by atoms with Crippen molar-refractivity contribution in [1.82, 2.24) is 4.98 Å². The summed E-state index contributed by atoms with van der Waals surface area (Å²) in [5.41, 5.74) is 0.498. The molecule has 0 bridgehead atoms. The Balaban J connectivity index is 2.34. The van der Waals surface area contributed by atoms with Crippen molar-refractivity contribution < 1.29 is 12.8 Å². The third kappa shape index (κ3) is 2.81. The average molecular weight is 263 g/mol. The van der Waals surface area contributed by atoms with Gasteiger partial charge in [-0.25, -0.2) is 12.8 Å². The number of pyridine rings is 1. The summed E-state index contributed by atoms with van der Waals surface area (Å²) in [5, 5.41) is 0.952. The van der Waals surface area contributed by atoms with Crippen molar-refractivity contribution in [2.24, 2.45) is 0 Å². The summed E-state index contributed by atoms with van der Waals surface area (Å²) in [7, 11) is -3.78. The summed E-state index contributed by atoms with van der Waals surface area (Å²) < 4.78 is 37.1. The van der Waals surface area contributed by atoms with Crippen LogP contribution >= 0.6 is 0 Å². The Labute approximate surface area is 105 Å². The maximum absolute atomic E-state index is 13.4. The molecule has 92 valence electrons. The standard InChI is InChI=1S/C13H10FNO2S/c14-12-6-1-2-7-13(12)18(16,17)10-8-11-5-3-4-9-15-11/h1-10H/b10-8+. The van der Waals surface area contributed by atoms with E-state index in [4.69, 9.17) is 0 Å². The van der Waals surface area contributed by atoms with E-state index in [9.17, 15) is 12.8 Å². The number of sulfone groups is 1. The number of hydrogen-bond acceptors (Lipinski definition) is 3. The zero-order valence-electron chi connectivity index (χ0n) is 9.32. The van der Waals surface area contributed by atoms with Crippen molar-refractivity contribution >= 4 is 15.9 Å². The Morgan fingerprint density at radius 3 is 2.44 bits per heavy atom. The molecule has 1 heterocycles. The molecule has 0 fully saturated rings. The molecule has 1 aromatic heterocycles. The highest BCUT2D eigenvalue weighted by molar-refractivity contribution is 7.94. The second-order valence-corrected chi connectivity index (χ2v) is 5.33. The molecular formula is C13H10FNO2S. The molecule has 0 spiro atoms. The first-order valence-electron chi connectivity index (χ1n) is 5.18. The summed E-state index contributed by atoms with van der Waals surface area (Å²) >= 11 is 0. The number of rotatable bonds is 3. The lowest BCUT2D eigenvalue weighted by molar-refractivity contribution is 0.572. The normalized spacial score (nSPS) is 11.8. The zero-order chi connectivity index (χ0) is 13.0. The molecular weight excluding hydrogens is 253 g/mol. The van der Waals surface area contributed by atoms with Crippen molar-refractivity contribution in [1.29, 1.82) is 0 Å². The van der Waals surface area contributed by atoms with Crippen LogP contribution in [0.25, 0.3) is 6.08 Å². The Hall–Kier alpha value is -2.01. The predicted molar refractivity (Wildman–Crippen MR) is 66.9 cm³/mol. The molecule has 1 aromatic carbocycles. The minimum Gasteiger partial charge on any atom is -0.257 e. The van der Waals surface area contributed by atoms with Gasteiger partial charge in [-0.2, -0.15) is 0 Å². The molecule has 0 unspecified atom stereocenters. The SMILES string of the molecule is O=S(=O)(/C=C/c1ccccn1)c1ccccc1F. The molecule has 0 aliphatic carbocycles. The highest BCUT2D eigenvalue weighted by Gasteiger charge is 2.14. The Kier molecular flexibility index (Phi) is 3.53. The molecule has 0 amide bonds. The number of nitrogens with zero attached hydrogens (tertiary/aromatic N) is 1. The van der Waals surface area contributed by atoms with Crippen LogP contribution in [0, 0.1) is 5.82 Å². The van der Waals surface area contributed by atoms with Gasteiger partial charge in [-0.15, -0.1) is 0 Å². The third-order valence-corrected chi connectivity index (χ3v) is 3.69. The van der Waals surface area contributed by atoms with Gasteiger partial charge >= 0.3 is 0 Å². The van der Waals surface area contributed by atoms with E-state index in [0.717, 1.165) is 11.5 Å². The number of hydrogen-bond donors (Lipinski definition) is 0. The quantitative estimate of drug-likeness (QED) is 0.855. The minimum atomic E-state index is -3.78. The third-order valence-electron chi connectivity index (χ3n) is 2.25. The van der Waals surface area contributed by atoms with Gasteiger partial charge in [0.2, 0.25) is 9.84 Å². The first-order chi connectivity index (χ1) is 8.59. The molecule has 3 nitrogen and oxygen atoms in total. The molecule has 0 aliphatic rings. The highest BCUT2D eigenvalue weighted by atomic mass is 32.2. The van der Waals surface area contributed by atoms with E-state index < -0.39 is 15.7 Å². The average Bonchev–Trinajstić information content (AvgIpc) is 2.38. The summed E-state index contributed by atoms with van der Waals surface area (Å²) in [6, 6.07) is 10.4. The molecule has 2 aromatic rings. The van der Waals surface area contributed by atoms with Crippen molar-refractivity contribution in [3.8, 4) is 0 Å². The van der Waals surface area contributed by atoms with Gasteiger partial charge < -0.3 is 0 Å². The van der Waals surface area contributed by atoms with Crippen LogP contribution in [0.15, 0.2) is 59.0 Å². The fourth-order valence-corrected chi connectivity index (χ4v) is 2.46. The van der Waals surface area contributed by atoms with Crippen LogP contribution in [0.2, 0.25) is 0 Å². The van der Waals surface area contributed by atoms with Crippen molar-refractivity contribution in [3.63, 3.8) is 0 Å². The maximum Gasteiger partial charge on any atom is 0.202 e. The van der Waals surface area contributed by atoms with Gasteiger partial charge in [0.25, 0.3) is 0 Å². The van der Waals surface area contributed by atoms with Gasteiger partial charge in [-0.05, 0) is 30.3 Å². The Morgan fingerprint density at radius 2 is 1.78 bits per heavy atom. The van der Waals surface area contributed by atoms with Crippen molar-refractivity contribution in [3.05, 3.63) is 65.6 Å². The van der Waals surface area contributed by atoms with Crippen LogP contribution in [0.4, 0.5) is 4.39 Å². The molecule has 0 aliphatic heterocycles. The fourth-order valence-electron chi connectivity index (χ4n) is 1.38. The maximum atomic E-state index is 13.4. The molecule has 18 heavy (non-hydrogen) atoms. The lowest BCUT2D eigenvalue weighted by Gasteiger charge is -2.00. The molecule has 0 radical (unpaired) electrons. The van der Waals surface area contributed by atoms with E-state index >= 15 is 0 Å². The van der Waals surface area contributed by atoms with Crippen LogP contribution in [0.1, 0.15) is 5.69 Å². The molecule has 0 saturated carbocycles. The van der Waals surface area contributed by atoms with E-state index in [1.54, 1.807) is 24.4 Å². The van der Waals surface area contributed by atoms with Crippen LogP contribution in [0.5, 0.6) is 0 Å². The Morgan fingerprint density at radius 1 is 1.06 bits per heavy atom. The molecule has 5 heteroatoms. The number of aromatic nitrogens is 1. The second-order valence-electron chi connectivity index (χ2n) is 3.53. The van der Waals surface area contributed by atoms with Gasteiger partial charge in [-0.3, -0.25) is 4.98 Å². The van der Waals surface area contributed by atoms with E-state index in [2.05, 4.69) is 4.98 Å². The minimum absolute atomic E-state index is 0.336. The van der Waals surface area contributed by atoms with Crippen LogP contribution in [-0.2, 0) is 9.84 Å². The molecule has 0 saturated heterocycles. The van der Waals surface area contributed by atoms with Gasteiger partial charge in [-0.1, -0.05) is 18.2 Å². The smallest absolute Gasteiger partial charge is 0.202 e. The van der Waals surface area contributed by atoms with Crippen LogP contribution in [0.3, 0.4) is 0 Å². The van der Waals surface area contributed by atoms with E-state index in [1.807, 2.05) is 0 Å². The van der Waals surface area contributed by atoms with Crippen LogP contribution < -0.4 is 0 Å². The highest BCUT2D eigenvalue weighted by Crippen LogP contribution is 2.16. The van der Waals surface area contributed by atoms with Gasteiger partial charge in [0.1, 0.15) is 10.7 Å². The lowest BCUT2D eigenvalue weighted by Crippen LogP contribution is -1.99. The molecule has 2 rings (SSSR count). The number of benzene rings is 1. The summed E-state index contributed by atoms with van der Waals surface area (Å²) in [6.07, 6.45) is 2.89. The van der Waals surface area contributed by atoms with Gasteiger partial charge in [0.15, 0.2) is 0 Å².